The molecule has 0 spiro atoms. The molecule has 104 valence electrons. The van der Waals surface area contributed by atoms with Crippen molar-refractivity contribution in [2.75, 3.05) is 5.32 Å². The highest BCUT2D eigenvalue weighted by Gasteiger charge is 2.21. The standard InChI is InChI=1S/C14H19BrN2O2/c1-2-10-3-5-11(6-4-10)16-14-9-12(17(18)19)7-8-13(14)15/h7-11,16H,2-6H2,1H3. The van der Waals surface area contributed by atoms with Crippen LogP contribution in [-0.4, -0.2) is 11.0 Å². The topological polar surface area (TPSA) is 55.2 Å². The number of halogens is 1. The monoisotopic (exact) mass is 326 g/mol. The Morgan fingerprint density at radius 2 is 2.05 bits per heavy atom. The van der Waals surface area contributed by atoms with E-state index in [1.165, 1.54) is 25.3 Å². The molecule has 0 aromatic heterocycles. The zero-order valence-electron chi connectivity index (χ0n) is 11.1. The summed E-state index contributed by atoms with van der Waals surface area (Å²) in [6, 6.07) is 5.29. The van der Waals surface area contributed by atoms with Crippen LogP contribution in [0.3, 0.4) is 0 Å². The van der Waals surface area contributed by atoms with Crippen LogP contribution in [0.1, 0.15) is 39.0 Å². The number of anilines is 1. The van der Waals surface area contributed by atoms with E-state index in [9.17, 15) is 10.1 Å². The molecule has 1 N–H and O–H groups in total. The van der Waals surface area contributed by atoms with E-state index in [0.29, 0.717) is 6.04 Å². The molecule has 1 saturated carbocycles. The molecule has 1 aliphatic rings. The van der Waals surface area contributed by atoms with E-state index in [2.05, 4.69) is 28.2 Å². The van der Waals surface area contributed by atoms with Gasteiger partial charge >= 0.3 is 0 Å². The molecule has 0 unspecified atom stereocenters. The van der Waals surface area contributed by atoms with Gasteiger partial charge in [-0.3, -0.25) is 10.1 Å². The first-order chi connectivity index (χ1) is 9.10. The van der Waals surface area contributed by atoms with E-state index < -0.39 is 0 Å². The molecule has 1 aromatic carbocycles. The van der Waals surface area contributed by atoms with Crippen molar-refractivity contribution >= 4 is 27.3 Å². The van der Waals surface area contributed by atoms with Crippen molar-refractivity contribution in [2.45, 2.75) is 45.1 Å². The zero-order chi connectivity index (χ0) is 13.8. The summed E-state index contributed by atoms with van der Waals surface area (Å²) in [6.45, 7) is 2.25. The number of benzene rings is 1. The van der Waals surface area contributed by atoms with Crippen LogP contribution >= 0.6 is 15.9 Å². The van der Waals surface area contributed by atoms with Crippen molar-refractivity contribution in [1.29, 1.82) is 0 Å². The lowest BCUT2D eigenvalue weighted by molar-refractivity contribution is -0.384. The quantitative estimate of drug-likeness (QED) is 0.642. The summed E-state index contributed by atoms with van der Waals surface area (Å²) in [5.41, 5.74) is 0.960. The van der Waals surface area contributed by atoms with Gasteiger partial charge in [-0.05, 0) is 53.6 Å². The molecule has 2 rings (SSSR count). The van der Waals surface area contributed by atoms with Crippen LogP contribution in [0.25, 0.3) is 0 Å². The molecule has 1 aliphatic carbocycles. The third-order valence-electron chi connectivity index (χ3n) is 3.94. The van der Waals surface area contributed by atoms with Gasteiger partial charge in [0.2, 0.25) is 0 Å². The molecule has 0 atom stereocenters. The Morgan fingerprint density at radius 1 is 1.37 bits per heavy atom. The zero-order valence-corrected chi connectivity index (χ0v) is 12.6. The summed E-state index contributed by atoms with van der Waals surface area (Å²) in [7, 11) is 0. The van der Waals surface area contributed by atoms with Gasteiger partial charge < -0.3 is 5.32 Å². The van der Waals surface area contributed by atoms with Gasteiger partial charge in [0, 0.05) is 22.6 Å². The van der Waals surface area contributed by atoms with Gasteiger partial charge in [0.15, 0.2) is 0 Å². The fourth-order valence-corrected chi connectivity index (χ4v) is 3.03. The second-order valence-electron chi connectivity index (χ2n) is 5.19. The highest BCUT2D eigenvalue weighted by Crippen LogP contribution is 2.32. The summed E-state index contributed by atoms with van der Waals surface area (Å²) in [5.74, 6) is 0.853. The summed E-state index contributed by atoms with van der Waals surface area (Å²) in [6.07, 6.45) is 6.05. The molecule has 0 bridgehead atoms. The Morgan fingerprint density at radius 3 is 2.63 bits per heavy atom. The largest absolute Gasteiger partial charge is 0.381 e. The lowest BCUT2D eigenvalue weighted by Gasteiger charge is -2.29. The van der Waals surface area contributed by atoms with Crippen LogP contribution in [0.5, 0.6) is 0 Å². The Hall–Kier alpha value is -1.10. The Balaban J connectivity index is 2.03. The van der Waals surface area contributed by atoms with E-state index in [0.717, 1.165) is 28.9 Å². The summed E-state index contributed by atoms with van der Waals surface area (Å²) in [4.78, 5) is 10.4. The number of rotatable bonds is 4. The maximum Gasteiger partial charge on any atom is 0.271 e. The first kappa shape index (κ1) is 14.3. The molecule has 0 aliphatic heterocycles. The minimum absolute atomic E-state index is 0.132. The fraction of sp³-hybridized carbons (Fsp3) is 0.571. The van der Waals surface area contributed by atoms with Crippen molar-refractivity contribution in [3.05, 3.63) is 32.8 Å². The van der Waals surface area contributed by atoms with Crippen molar-refractivity contribution in [3.8, 4) is 0 Å². The third-order valence-corrected chi connectivity index (χ3v) is 4.64. The number of nitro benzene ring substituents is 1. The lowest BCUT2D eigenvalue weighted by atomic mass is 9.84. The minimum Gasteiger partial charge on any atom is -0.381 e. The van der Waals surface area contributed by atoms with Crippen LogP contribution in [0.2, 0.25) is 0 Å². The number of hydrogen-bond acceptors (Lipinski definition) is 3. The average Bonchev–Trinajstić information content (AvgIpc) is 2.42. The number of nitrogens with one attached hydrogen (secondary N) is 1. The van der Waals surface area contributed by atoms with Crippen LogP contribution in [0, 0.1) is 16.0 Å². The molecule has 0 radical (unpaired) electrons. The first-order valence-corrected chi connectivity index (χ1v) is 7.60. The van der Waals surface area contributed by atoms with Crippen molar-refractivity contribution in [2.24, 2.45) is 5.92 Å². The predicted octanol–water partition coefficient (Wildman–Crippen LogP) is 4.74. The second kappa shape index (κ2) is 6.37. The maximum atomic E-state index is 10.8. The van der Waals surface area contributed by atoms with E-state index in [4.69, 9.17) is 0 Å². The van der Waals surface area contributed by atoms with Crippen molar-refractivity contribution in [1.82, 2.24) is 0 Å². The van der Waals surface area contributed by atoms with Gasteiger partial charge in [0.05, 0.1) is 10.6 Å². The molecular weight excluding hydrogens is 308 g/mol. The SMILES string of the molecule is CCC1CCC(Nc2cc([N+](=O)[O-])ccc2Br)CC1. The smallest absolute Gasteiger partial charge is 0.271 e. The van der Waals surface area contributed by atoms with E-state index in [-0.39, 0.29) is 10.6 Å². The molecule has 0 amide bonds. The third kappa shape index (κ3) is 3.69. The lowest BCUT2D eigenvalue weighted by Crippen LogP contribution is -2.26. The Kier molecular flexibility index (Phi) is 4.80. The van der Waals surface area contributed by atoms with Gasteiger partial charge in [-0.15, -0.1) is 0 Å². The summed E-state index contributed by atoms with van der Waals surface area (Å²) >= 11 is 3.45. The van der Waals surface area contributed by atoms with Gasteiger partial charge in [0.1, 0.15) is 0 Å². The normalized spacial score (nSPS) is 23.1. The molecule has 1 fully saturated rings. The van der Waals surface area contributed by atoms with E-state index in [1.54, 1.807) is 12.1 Å². The fourth-order valence-electron chi connectivity index (χ4n) is 2.67. The van der Waals surface area contributed by atoms with E-state index in [1.807, 2.05) is 0 Å². The Bertz CT molecular complexity index is 457. The maximum absolute atomic E-state index is 10.8. The molecule has 1 aromatic rings. The van der Waals surface area contributed by atoms with Crippen LogP contribution in [0.15, 0.2) is 22.7 Å². The highest BCUT2D eigenvalue weighted by atomic mass is 79.9. The van der Waals surface area contributed by atoms with Crippen molar-refractivity contribution < 1.29 is 4.92 Å². The number of hydrogen-bond donors (Lipinski definition) is 1. The predicted molar refractivity (Wildman–Crippen MR) is 80.5 cm³/mol. The highest BCUT2D eigenvalue weighted by molar-refractivity contribution is 9.10. The first-order valence-electron chi connectivity index (χ1n) is 6.80. The Labute approximate surface area is 121 Å². The van der Waals surface area contributed by atoms with Gasteiger partial charge in [-0.25, -0.2) is 0 Å². The van der Waals surface area contributed by atoms with Gasteiger partial charge in [-0.2, -0.15) is 0 Å². The second-order valence-corrected chi connectivity index (χ2v) is 6.05. The molecule has 5 heteroatoms. The molecule has 0 saturated heterocycles. The molecular formula is C14H19BrN2O2. The van der Waals surface area contributed by atoms with Crippen LogP contribution < -0.4 is 5.32 Å². The van der Waals surface area contributed by atoms with E-state index >= 15 is 0 Å². The number of nitro groups is 1. The minimum atomic E-state index is -0.356. The van der Waals surface area contributed by atoms with Crippen LogP contribution in [0.4, 0.5) is 11.4 Å². The van der Waals surface area contributed by atoms with Gasteiger partial charge in [-0.1, -0.05) is 13.3 Å². The number of nitrogens with zero attached hydrogens (tertiary/aromatic N) is 1. The number of non-ortho nitro benzene ring substituents is 1. The molecule has 0 heterocycles. The molecule has 19 heavy (non-hydrogen) atoms. The summed E-state index contributed by atoms with van der Waals surface area (Å²) in [5, 5.41) is 14.2. The van der Waals surface area contributed by atoms with Gasteiger partial charge in [0.25, 0.3) is 5.69 Å². The molecule has 4 nitrogen and oxygen atoms in total. The van der Waals surface area contributed by atoms with Crippen molar-refractivity contribution in [3.63, 3.8) is 0 Å². The van der Waals surface area contributed by atoms with Crippen LogP contribution in [-0.2, 0) is 0 Å². The average molecular weight is 327 g/mol. The summed E-state index contributed by atoms with van der Waals surface area (Å²) < 4.78 is 0.885.